The van der Waals surface area contributed by atoms with Crippen LogP contribution >= 0.6 is 0 Å². The lowest BCUT2D eigenvalue weighted by molar-refractivity contribution is -0.144. The Morgan fingerprint density at radius 3 is 2.55 bits per heavy atom. The SMILES string of the molecule is CCCC(C)(NC(=O)NCCN1CCNCC1)C(=O)O. The van der Waals surface area contributed by atoms with Gasteiger partial charge in [0.1, 0.15) is 5.54 Å². The topological polar surface area (TPSA) is 93.7 Å². The molecule has 1 saturated heterocycles. The normalized spacial score (nSPS) is 19.1. The molecule has 116 valence electrons. The van der Waals surface area contributed by atoms with Crippen molar-refractivity contribution in [1.29, 1.82) is 0 Å². The van der Waals surface area contributed by atoms with E-state index < -0.39 is 17.5 Å². The van der Waals surface area contributed by atoms with E-state index in [2.05, 4.69) is 20.9 Å². The van der Waals surface area contributed by atoms with E-state index in [0.717, 1.165) is 32.7 Å². The molecule has 1 unspecified atom stereocenters. The van der Waals surface area contributed by atoms with Crippen molar-refractivity contribution in [1.82, 2.24) is 20.9 Å². The van der Waals surface area contributed by atoms with Gasteiger partial charge in [0.05, 0.1) is 0 Å². The Morgan fingerprint density at radius 2 is 2.00 bits per heavy atom. The highest BCUT2D eigenvalue weighted by Gasteiger charge is 2.33. The molecule has 1 rings (SSSR count). The largest absolute Gasteiger partial charge is 0.480 e. The van der Waals surface area contributed by atoms with Crippen LogP contribution in [0.2, 0.25) is 0 Å². The van der Waals surface area contributed by atoms with E-state index in [1.165, 1.54) is 6.92 Å². The fraction of sp³-hybridized carbons (Fsp3) is 0.846. The number of urea groups is 1. The predicted molar refractivity (Wildman–Crippen MR) is 76.8 cm³/mol. The van der Waals surface area contributed by atoms with E-state index in [4.69, 9.17) is 0 Å². The Kier molecular flexibility index (Phi) is 6.74. The average molecular weight is 286 g/mol. The lowest BCUT2D eigenvalue weighted by atomic mass is 9.97. The first kappa shape index (κ1) is 16.7. The molecular formula is C13H26N4O3. The second kappa shape index (κ2) is 8.06. The average Bonchev–Trinajstić information content (AvgIpc) is 2.40. The molecule has 1 heterocycles. The number of amides is 2. The van der Waals surface area contributed by atoms with Crippen LogP contribution in [0, 0.1) is 0 Å². The third kappa shape index (κ3) is 5.34. The Labute approximate surface area is 120 Å². The molecule has 0 aromatic heterocycles. The summed E-state index contributed by atoms with van der Waals surface area (Å²) in [6.45, 7) is 8.64. The summed E-state index contributed by atoms with van der Waals surface area (Å²) >= 11 is 0. The number of carbonyl (C=O) groups is 2. The highest BCUT2D eigenvalue weighted by molar-refractivity contribution is 5.85. The zero-order chi connectivity index (χ0) is 15.0. The maximum Gasteiger partial charge on any atom is 0.329 e. The number of rotatable bonds is 7. The van der Waals surface area contributed by atoms with E-state index in [1.807, 2.05) is 6.92 Å². The molecule has 0 saturated carbocycles. The molecule has 1 atom stereocenters. The number of hydrogen-bond donors (Lipinski definition) is 4. The molecule has 0 spiro atoms. The summed E-state index contributed by atoms with van der Waals surface area (Å²) in [6.07, 6.45) is 1.11. The van der Waals surface area contributed by atoms with Gasteiger partial charge in [-0.1, -0.05) is 13.3 Å². The molecule has 0 aromatic carbocycles. The Hall–Kier alpha value is -1.34. The van der Waals surface area contributed by atoms with Crippen LogP contribution in [0.25, 0.3) is 0 Å². The van der Waals surface area contributed by atoms with Crippen LogP contribution in [0.4, 0.5) is 4.79 Å². The number of carboxylic acids is 1. The van der Waals surface area contributed by atoms with Crippen LogP contribution in [0.15, 0.2) is 0 Å². The minimum Gasteiger partial charge on any atom is -0.480 e. The fourth-order valence-corrected chi connectivity index (χ4v) is 2.28. The number of nitrogens with zero attached hydrogens (tertiary/aromatic N) is 1. The van der Waals surface area contributed by atoms with Gasteiger partial charge in [-0.05, 0) is 13.3 Å². The Bertz CT molecular complexity index is 332. The zero-order valence-corrected chi connectivity index (χ0v) is 12.4. The van der Waals surface area contributed by atoms with Crippen LogP contribution in [0.3, 0.4) is 0 Å². The third-order valence-corrected chi connectivity index (χ3v) is 3.53. The quantitative estimate of drug-likeness (QED) is 0.521. The first-order valence-corrected chi connectivity index (χ1v) is 7.20. The summed E-state index contributed by atoms with van der Waals surface area (Å²) in [6, 6.07) is -0.418. The second-order valence-electron chi connectivity index (χ2n) is 5.36. The van der Waals surface area contributed by atoms with Crippen LogP contribution in [0.1, 0.15) is 26.7 Å². The van der Waals surface area contributed by atoms with Gasteiger partial charge in [0.2, 0.25) is 0 Å². The van der Waals surface area contributed by atoms with E-state index in [-0.39, 0.29) is 0 Å². The van der Waals surface area contributed by atoms with Crippen molar-refractivity contribution in [2.24, 2.45) is 0 Å². The van der Waals surface area contributed by atoms with Gasteiger partial charge in [-0.25, -0.2) is 9.59 Å². The number of carboxylic acid groups (broad SMARTS) is 1. The smallest absolute Gasteiger partial charge is 0.329 e. The molecule has 4 N–H and O–H groups in total. The van der Waals surface area contributed by atoms with Crippen LogP contribution in [0.5, 0.6) is 0 Å². The summed E-state index contributed by atoms with van der Waals surface area (Å²) < 4.78 is 0. The molecule has 1 aliphatic rings. The van der Waals surface area contributed by atoms with Crippen LogP contribution < -0.4 is 16.0 Å². The maximum atomic E-state index is 11.8. The van der Waals surface area contributed by atoms with E-state index in [1.54, 1.807) is 0 Å². The zero-order valence-electron chi connectivity index (χ0n) is 12.4. The molecular weight excluding hydrogens is 260 g/mol. The maximum absolute atomic E-state index is 11.8. The van der Waals surface area contributed by atoms with Gasteiger partial charge in [-0.3, -0.25) is 4.90 Å². The minimum atomic E-state index is -1.20. The molecule has 0 aliphatic carbocycles. The molecule has 20 heavy (non-hydrogen) atoms. The van der Waals surface area contributed by atoms with Crippen LogP contribution in [-0.2, 0) is 4.79 Å². The molecule has 1 aliphatic heterocycles. The molecule has 0 aromatic rings. The van der Waals surface area contributed by atoms with Crippen molar-refractivity contribution in [3.8, 4) is 0 Å². The second-order valence-corrected chi connectivity index (χ2v) is 5.36. The highest BCUT2D eigenvalue weighted by atomic mass is 16.4. The lowest BCUT2D eigenvalue weighted by Crippen LogP contribution is -2.56. The van der Waals surface area contributed by atoms with Gasteiger partial charge in [0.15, 0.2) is 0 Å². The molecule has 2 amide bonds. The number of nitrogens with one attached hydrogen (secondary N) is 3. The molecule has 1 fully saturated rings. The fourth-order valence-electron chi connectivity index (χ4n) is 2.28. The first-order valence-electron chi connectivity index (χ1n) is 7.20. The van der Waals surface area contributed by atoms with E-state index in [9.17, 15) is 14.7 Å². The molecule has 7 nitrogen and oxygen atoms in total. The Morgan fingerprint density at radius 1 is 1.35 bits per heavy atom. The highest BCUT2D eigenvalue weighted by Crippen LogP contribution is 2.12. The summed E-state index contributed by atoms with van der Waals surface area (Å²) in [7, 11) is 0. The monoisotopic (exact) mass is 286 g/mol. The van der Waals surface area contributed by atoms with Crippen molar-refractivity contribution in [2.75, 3.05) is 39.3 Å². The van der Waals surface area contributed by atoms with Gasteiger partial charge >= 0.3 is 12.0 Å². The minimum absolute atomic E-state index is 0.410. The molecule has 0 radical (unpaired) electrons. The number of aliphatic carboxylic acids is 1. The van der Waals surface area contributed by atoms with Gasteiger partial charge in [-0.15, -0.1) is 0 Å². The van der Waals surface area contributed by atoms with Gasteiger partial charge in [-0.2, -0.15) is 0 Å². The summed E-state index contributed by atoms with van der Waals surface area (Å²) in [5.41, 5.74) is -1.20. The lowest BCUT2D eigenvalue weighted by Gasteiger charge is -2.28. The number of hydrogen-bond acceptors (Lipinski definition) is 4. The summed E-state index contributed by atoms with van der Waals surface area (Å²) in [5, 5.41) is 17.7. The van der Waals surface area contributed by atoms with Crippen LogP contribution in [-0.4, -0.2) is 66.8 Å². The van der Waals surface area contributed by atoms with Gasteiger partial charge in [0.25, 0.3) is 0 Å². The van der Waals surface area contributed by atoms with Gasteiger partial charge in [0, 0.05) is 39.3 Å². The third-order valence-electron chi connectivity index (χ3n) is 3.53. The van der Waals surface area contributed by atoms with Crippen molar-refractivity contribution < 1.29 is 14.7 Å². The van der Waals surface area contributed by atoms with Crippen molar-refractivity contribution in [3.05, 3.63) is 0 Å². The first-order chi connectivity index (χ1) is 9.48. The molecule has 0 bridgehead atoms. The standard InChI is InChI=1S/C13H26N4O3/c1-3-4-13(2,11(18)19)16-12(20)15-7-10-17-8-5-14-6-9-17/h14H,3-10H2,1-2H3,(H,18,19)(H2,15,16,20). The van der Waals surface area contributed by atoms with Gasteiger partial charge < -0.3 is 21.1 Å². The molecule has 7 heteroatoms. The number of carbonyl (C=O) groups excluding carboxylic acids is 1. The predicted octanol–water partition coefficient (Wildman–Crippen LogP) is -0.166. The Balaban J connectivity index is 2.29. The van der Waals surface area contributed by atoms with Crippen molar-refractivity contribution in [2.45, 2.75) is 32.2 Å². The summed E-state index contributed by atoms with van der Waals surface area (Å²) in [4.78, 5) is 25.2. The van der Waals surface area contributed by atoms with E-state index in [0.29, 0.717) is 19.4 Å². The summed E-state index contributed by atoms with van der Waals surface area (Å²) in [5.74, 6) is -1.00. The van der Waals surface area contributed by atoms with E-state index >= 15 is 0 Å². The van der Waals surface area contributed by atoms with Crippen molar-refractivity contribution in [3.63, 3.8) is 0 Å². The number of piperazine rings is 1. The van der Waals surface area contributed by atoms with Crippen molar-refractivity contribution >= 4 is 12.0 Å².